The molecular weight excluding hydrogens is 388 g/mol. The van der Waals surface area contributed by atoms with Crippen LogP contribution in [0.2, 0.25) is 0 Å². The summed E-state index contributed by atoms with van der Waals surface area (Å²) in [7, 11) is 3.08. The number of hydrogen-bond donors (Lipinski definition) is 0. The second-order valence-electron chi connectivity index (χ2n) is 7.04. The lowest BCUT2D eigenvalue weighted by atomic mass is 9.99. The van der Waals surface area contributed by atoms with E-state index in [0.717, 1.165) is 6.42 Å². The SMILES string of the molecule is COc1ccc(-c2c(C)c3cc(OC(=O)C4CCCO4)ccc3oc2=O)cc1OC. The van der Waals surface area contributed by atoms with Gasteiger partial charge in [0.1, 0.15) is 11.3 Å². The summed E-state index contributed by atoms with van der Waals surface area (Å²) in [6.07, 6.45) is 0.970. The Morgan fingerprint density at radius 3 is 2.57 bits per heavy atom. The fraction of sp³-hybridized carbons (Fsp3) is 0.304. The van der Waals surface area contributed by atoms with Crippen LogP contribution in [-0.4, -0.2) is 32.9 Å². The van der Waals surface area contributed by atoms with Gasteiger partial charge in [-0.3, -0.25) is 0 Å². The molecule has 1 fully saturated rings. The molecule has 0 amide bonds. The highest BCUT2D eigenvalue weighted by molar-refractivity contribution is 5.88. The van der Waals surface area contributed by atoms with Crippen LogP contribution in [0.15, 0.2) is 45.6 Å². The fourth-order valence-electron chi connectivity index (χ4n) is 3.66. The summed E-state index contributed by atoms with van der Waals surface area (Å²) in [6, 6.07) is 10.2. The van der Waals surface area contributed by atoms with Gasteiger partial charge in [-0.2, -0.15) is 0 Å². The molecule has 0 spiro atoms. The second kappa shape index (κ2) is 8.20. The molecule has 1 saturated heterocycles. The van der Waals surface area contributed by atoms with E-state index in [-0.39, 0.29) is 0 Å². The first-order valence-electron chi connectivity index (χ1n) is 9.65. The maximum atomic E-state index is 12.7. The van der Waals surface area contributed by atoms with Gasteiger partial charge in [0.25, 0.3) is 0 Å². The maximum Gasteiger partial charge on any atom is 0.344 e. The van der Waals surface area contributed by atoms with Crippen molar-refractivity contribution >= 4 is 16.9 Å². The van der Waals surface area contributed by atoms with Crippen LogP contribution >= 0.6 is 0 Å². The summed E-state index contributed by atoms with van der Waals surface area (Å²) in [6.45, 7) is 2.40. The lowest BCUT2D eigenvalue weighted by Gasteiger charge is -2.13. The Bertz CT molecular complexity index is 1160. The first-order valence-corrected chi connectivity index (χ1v) is 9.65. The molecule has 1 unspecified atom stereocenters. The Balaban J connectivity index is 1.76. The number of benzene rings is 2. The molecule has 0 saturated carbocycles. The maximum absolute atomic E-state index is 12.7. The van der Waals surface area contributed by atoms with Crippen molar-refractivity contribution in [1.82, 2.24) is 0 Å². The third-order valence-electron chi connectivity index (χ3n) is 5.22. The van der Waals surface area contributed by atoms with Gasteiger partial charge in [0.05, 0.1) is 19.8 Å². The standard InChI is InChI=1S/C23H22O7/c1-13-16-12-15(29-22(24)19-5-4-10-28-19)7-9-17(16)30-23(25)21(13)14-6-8-18(26-2)20(11-14)27-3/h6-9,11-12,19H,4-5,10H2,1-3H3. The van der Waals surface area contributed by atoms with E-state index in [4.69, 9.17) is 23.4 Å². The van der Waals surface area contributed by atoms with E-state index < -0.39 is 17.7 Å². The minimum atomic E-state index is -0.530. The molecule has 3 aromatic rings. The van der Waals surface area contributed by atoms with E-state index in [9.17, 15) is 9.59 Å². The Labute approximate surface area is 173 Å². The molecule has 2 aromatic carbocycles. The first-order chi connectivity index (χ1) is 14.5. The van der Waals surface area contributed by atoms with Crippen molar-refractivity contribution in [2.45, 2.75) is 25.9 Å². The molecule has 2 heterocycles. The van der Waals surface area contributed by atoms with Crippen LogP contribution in [0.3, 0.4) is 0 Å². The largest absolute Gasteiger partial charge is 0.493 e. The molecule has 4 rings (SSSR count). The van der Waals surface area contributed by atoms with Crippen LogP contribution in [0.5, 0.6) is 17.2 Å². The van der Waals surface area contributed by atoms with Gasteiger partial charge in [0, 0.05) is 12.0 Å². The molecule has 1 atom stereocenters. The van der Waals surface area contributed by atoms with Gasteiger partial charge in [0.15, 0.2) is 17.6 Å². The molecule has 0 N–H and O–H groups in total. The number of methoxy groups -OCH3 is 2. The van der Waals surface area contributed by atoms with E-state index in [2.05, 4.69) is 0 Å². The Hall–Kier alpha value is -3.32. The summed E-state index contributed by atoms with van der Waals surface area (Å²) < 4.78 is 27.0. The van der Waals surface area contributed by atoms with Crippen LogP contribution in [0.1, 0.15) is 18.4 Å². The highest BCUT2D eigenvalue weighted by Crippen LogP contribution is 2.34. The third-order valence-corrected chi connectivity index (χ3v) is 5.22. The van der Waals surface area contributed by atoms with Crippen molar-refractivity contribution in [2.24, 2.45) is 0 Å². The Kier molecular flexibility index (Phi) is 5.46. The molecule has 156 valence electrons. The van der Waals surface area contributed by atoms with E-state index in [1.165, 1.54) is 7.11 Å². The van der Waals surface area contributed by atoms with Crippen LogP contribution in [0, 0.1) is 6.92 Å². The van der Waals surface area contributed by atoms with Crippen LogP contribution < -0.4 is 19.8 Å². The van der Waals surface area contributed by atoms with Crippen LogP contribution in [0.25, 0.3) is 22.1 Å². The molecule has 1 aliphatic rings. The minimum absolute atomic E-state index is 0.373. The van der Waals surface area contributed by atoms with Crippen molar-refractivity contribution in [3.8, 4) is 28.4 Å². The van der Waals surface area contributed by atoms with Crippen molar-refractivity contribution in [1.29, 1.82) is 0 Å². The van der Waals surface area contributed by atoms with Gasteiger partial charge < -0.3 is 23.4 Å². The van der Waals surface area contributed by atoms with E-state index >= 15 is 0 Å². The number of fused-ring (bicyclic) bond motifs is 1. The first kappa shape index (κ1) is 20.0. The molecule has 0 bridgehead atoms. The van der Waals surface area contributed by atoms with Crippen molar-refractivity contribution in [3.05, 3.63) is 52.4 Å². The topological polar surface area (TPSA) is 84.2 Å². The number of aryl methyl sites for hydroxylation is 1. The van der Waals surface area contributed by atoms with Gasteiger partial charge in [-0.25, -0.2) is 9.59 Å². The highest BCUT2D eigenvalue weighted by atomic mass is 16.6. The molecule has 1 aromatic heterocycles. The van der Waals surface area contributed by atoms with Gasteiger partial charge >= 0.3 is 11.6 Å². The summed E-state index contributed by atoms with van der Waals surface area (Å²) >= 11 is 0. The summed E-state index contributed by atoms with van der Waals surface area (Å²) in [5.74, 6) is 1.03. The smallest absolute Gasteiger partial charge is 0.344 e. The number of ether oxygens (including phenoxy) is 4. The lowest BCUT2D eigenvalue weighted by Crippen LogP contribution is -2.24. The zero-order chi connectivity index (χ0) is 21.3. The normalized spacial score (nSPS) is 15.9. The van der Waals surface area contributed by atoms with Crippen molar-refractivity contribution < 1.29 is 28.2 Å². The van der Waals surface area contributed by atoms with Crippen molar-refractivity contribution in [2.75, 3.05) is 20.8 Å². The molecule has 1 aliphatic heterocycles. The van der Waals surface area contributed by atoms with Gasteiger partial charge in [-0.05, 0) is 61.2 Å². The fourth-order valence-corrected chi connectivity index (χ4v) is 3.66. The van der Waals surface area contributed by atoms with Gasteiger partial charge in [-0.1, -0.05) is 6.07 Å². The Morgan fingerprint density at radius 2 is 1.87 bits per heavy atom. The van der Waals surface area contributed by atoms with Crippen molar-refractivity contribution in [3.63, 3.8) is 0 Å². The zero-order valence-electron chi connectivity index (χ0n) is 17.0. The van der Waals surface area contributed by atoms with Crippen LogP contribution in [0.4, 0.5) is 0 Å². The van der Waals surface area contributed by atoms with E-state index in [1.807, 2.05) is 6.92 Å². The molecule has 0 radical (unpaired) electrons. The Morgan fingerprint density at radius 1 is 1.07 bits per heavy atom. The molecular formula is C23H22O7. The summed E-state index contributed by atoms with van der Waals surface area (Å²) in [5, 5.41) is 0.678. The number of carbonyl (C=O) groups is 1. The summed E-state index contributed by atoms with van der Waals surface area (Å²) in [5.41, 5.74) is 1.71. The zero-order valence-corrected chi connectivity index (χ0v) is 17.0. The predicted molar refractivity (Wildman–Crippen MR) is 110 cm³/mol. The van der Waals surface area contributed by atoms with E-state index in [1.54, 1.807) is 43.5 Å². The molecule has 30 heavy (non-hydrogen) atoms. The van der Waals surface area contributed by atoms with Crippen LogP contribution in [-0.2, 0) is 9.53 Å². The average molecular weight is 410 g/mol. The average Bonchev–Trinajstić information content (AvgIpc) is 3.29. The lowest BCUT2D eigenvalue weighted by molar-refractivity contribution is -0.144. The summed E-state index contributed by atoms with van der Waals surface area (Å²) in [4.78, 5) is 25.0. The van der Waals surface area contributed by atoms with E-state index in [0.29, 0.717) is 57.9 Å². The van der Waals surface area contributed by atoms with Gasteiger partial charge in [-0.15, -0.1) is 0 Å². The number of esters is 1. The number of carbonyl (C=O) groups excluding carboxylic acids is 1. The third kappa shape index (κ3) is 3.64. The minimum Gasteiger partial charge on any atom is -0.493 e. The molecule has 7 heteroatoms. The molecule has 0 aliphatic carbocycles. The predicted octanol–water partition coefficient (Wildman–Crippen LogP) is 3.87. The monoisotopic (exact) mass is 410 g/mol. The highest BCUT2D eigenvalue weighted by Gasteiger charge is 2.26. The molecule has 7 nitrogen and oxygen atoms in total. The number of rotatable bonds is 5. The quantitative estimate of drug-likeness (QED) is 0.359. The second-order valence-corrected chi connectivity index (χ2v) is 7.04. The van der Waals surface area contributed by atoms with Gasteiger partial charge in [0.2, 0.25) is 0 Å². The number of hydrogen-bond acceptors (Lipinski definition) is 7.